The quantitative estimate of drug-likeness (QED) is 0.785. The van der Waals surface area contributed by atoms with Gasteiger partial charge in [-0.1, -0.05) is 6.07 Å². The van der Waals surface area contributed by atoms with Gasteiger partial charge in [-0.3, -0.25) is 9.78 Å². The van der Waals surface area contributed by atoms with E-state index in [0.29, 0.717) is 36.3 Å². The van der Waals surface area contributed by atoms with Crippen molar-refractivity contribution in [3.63, 3.8) is 0 Å². The Morgan fingerprint density at radius 1 is 1.30 bits per heavy atom. The van der Waals surface area contributed by atoms with Crippen LogP contribution in [0.4, 0.5) is 0 Å². The molecule has 1 amide bonds. The molecule has 0 saturated carbocycles. The Hall–Kier alpha value is -2.60. The summed E-state index contributed by atoms with van der Waals surface area (Å²) in [5.74, 6) is 1.12. The summed E-state index contributed by atoms with van der Waals surface area (Å²) in [5.41, 5.74) is 1.56. The molecule has 0 bridgehead atoms. The highest BCUT2D eigenvalue weighted by Crippen LogP contribution is 2.29. The number of carbonyl (C=O) groups excluding carboxylic acids is 1. The Balaban J connectivity index is 1.67. The molecule has 3 rings (SSSR count). The van der Waals surface area contributed by atoms with Gasteiger partial charge < -0.3 is 20.1 Å². The van der Waals surface area contributed by atoms with Crippen LogP contribution in [0.1, 0.15) is 42.6 Å². The maximum absolute atomic E-state index is 12.6. The largest absolute Gasteiger partial charge is 0.490 e. The van der Waals surface area contributed by atoms with Crippen LogP contribution in [0.3, 0.4) is 0 Å². The van der Waals surface area contributed by atoms with Crippen molar-refractivity contribution in [3.05, 3.63) is 53.9 Å². The zero-order chi connectivity index (χ0) is 19.1. The van der Waals surface area contributed by atoms with Gasteiger partial charge in [0.05, 0.1) is 6.61 Å². The van der Waals surface area contributed by atoms with E-state index in [2.05, 4.69) is 22.5 Å². The van der Waals surface area contributed by atoms with Gasteiger partial charge in [-0.05, 0) is 57.5 Å². The zero-order valence-electron chi connectivity index (χ0n) is 15.9. The molecule has 2 unspecified atom stereocenters. The summed E-state index contributed by atoms with van der Waals surface area (Å²) in [5, 5.41) is 6.52. The molecule has 1 fully saturated rings. The number of pyridine rings is 1. The molecule has 0 radical (unpaired) electrons. The van der Waals surface area contributed by atoms with Crippen LogP contribution >= 0.6 is 0 Å². The molecule has 0 aliphatic carbocycles. The van der Waals surface area contributed by atoms with Crippen molar-refractivity contribution in [2.45, 2.75) is 45.4 Å². The minimum atomic E-state index is -0.0751. The Kier molecular flexibility index (Phi) is 6.65. The standard InChI is InChI=1S/C21H27N3O3/c1-3-26-20-12-17(21(25)24-18-8-10-23-15(2)11-18)6-7-19(20)27-14-16-5-4-9-22-13-16/h4-7,9,12-13,15,18,23H,3,8,10-11,14H2,1-2H3,(H,24,25). The van der Waals surface area contributed by atoms with Gasteiger partial charge in [-0.2, -0.15) is 0 Å². The molecule has 2 N–H and O–H groups in total. The number of rotatable bonds is 7. The maximum atomic E-state index is 12.6. The van der Waals surface area contributed by atoms with Crippen molar-refractivity contribution < 1.29 is 14.3 Å². The Morgan fingerprint density at radius 3 is 2.93 bits per heavy atom. The molecule has 2 heterocycles. The molecule has 0 spiro atoms. The Labute approximate surface area is 160 Å². The second-order valence-electron chi connectivity index (χ2n) is 6.79. The van der Waals surface area contributed by atoms with Gasteiger partial charge in [0.15, 0.2) is 11.5 Å². The van der Waals surface area contributed by atoms with Crippen LogP contribution in [0.25, 0.3) is 0 Å². The van der Waals surface area contributed by atoms with Crippen LogP contribution in [0.2, 0.25) is 0 Å². The number of nitrogens with one attached hydrogen (secondary N) is 2. The fraction of sp³-hybridized carbons (Fsp3) is 0.429. The summed E-state index contributed by atoms with van der Waals surface area (Å²) >= 11 is 0. The fourth-order valence-electron chi connectivity index (χ4n) is 3.21. The molecular formula is C21H27N3O3. The third-order valence-corrected chi connectivity index (χ3v) is 4.58. The van der Waals surface area contributed by atoms with E-state index in [1.165, 1.54) is 0 Å². The van der Waals surface area contributed by atoms with Crippen LogP contribution in [0.5, 0.6) is 11.5 Å². The van der Waals surface area contributed by atoms with Crippen LogP contribution in [-0.2, 0) is 6.61 Å². The molecule has 1 aromatic heterocycles. The molecule has 1 saturated heterocycles. The van der Waals surface area contributed by atoms with Gasteiger partial charge in [0.1, 0.15) is 6.61 Å². The lowest BCUT2D eigenvalue weighted by atomic mass is 10.00. The lowest BCUT2D eigenvalue weighted by Crippen LogP contribution is -2.46. The second kappa shape index (κ2) is 9.37. The van der Waals surface area contributed by atoms with Crippen molar-refractivity contribution in [2.75, 3.05) is 13.2 Å². The van der Waals surface area contributed by atoms with Gasteiger partial charge in [-0.25, -0.2) is 0 Å². The molecule has 2 atom stereocenters. The average Bonchev–Trinajstić information content (AvgIpc) is 2.68. The highest BCUT2D eigenvalue weighted by molar-refractivity contribution is 5.95. The van der Waals surface area contributed by atoms with Crippen molar-refractivity contribution in [2.24, 2.45) is 0 Å². The van der Waals surface area contributed by atoms with Gasteiger partial charge in [0, 0.05) is 35.6 Å². The molecule has 1 aromatic carbocycles. The van der Waals surface area contributed by atoms with E-state index in [0.717, 1.165) is 24.9 Å². The first-order valence-corrected chi connectivity index (χ1v) is 9.48. The van der Waals surface area contributed by atoms with E-state index in [-0.39, 0.29) is 11.9 Å². The highest BCUT2D eigenvalue weighted by atomic mass is 16.5. The number of hydrogen-bond acceptors (Lipinski definition) is 5. The van der Waals surface area contributed by atoms with Crippen LogP contribution in [0, 0.1) is 0 Å². The van der Waals surface area contributed by atoms with Crippen molar-refractivity contribution in [1.82, 2.24) is 15.6 Å². The van der Waals surface area contributed by atoms with Crippen LogP contribution in [-0.4, -0.2) is 36.1 Å². The first-order chi connectivity index (χ1) is 13.2. The summed E-state index contributed by atoms with van der Waals surface area (Å²) < 4.78 is 11.6. The molecular weight excluding hydrogens is 342 g/mol. The molecule has 6 heteroatoms. The normalized spacial score (nSPS) is 19.3. The number of carbonyl (C=O) groups is 1. The van der Waals surface area contributed by atoms with E-state index in [4.69, 9.17) is 9.47 Å². The smallest absolute Gasteiger partial charge is 0.251 e. The van der Waals surface area contributed by atoms with E-state index >= 15 is 0 Å². The summed E-state index contributed by atoms with van der Waals surface area (Å²) in [6.45, 7) is 5.87. The maximum Gasteiger partial charge on any atom is 0.251 e. The molecule has 1 aliphatic heterocycles. The van der Waals surface area contributed by atoms with Gasteiger partial charge >= 0.3 is 0 Å². The van der Waals surface area contributed by atoms with Crippen LogP contribution < -0.4 is 20.1 Å². The summed E-state index contributed by atoms with van der Waals surface area (Å²) in [6.07, 6.45) is 5.38. The zero-order valence-corrected chi connectivity index (χ0v) is 15.9. The van der Waals surface area contributed by atoms with E-state index in [1.807, 2.05) is 19.1 Å². The summed E-state index contributed by atoms with van der Waals surface area (Å²) in [7, 11) is 0. The molecule has 1 aliphatic rings. The number of benzene rings is 1. The van der Waals surface area contributed by atoms with E-state index < -0.39 is 0 Å². The number of aromatic nitrogens is 1. The number of amides is 1. The number of ether oxygens (including phenoxy) is 2. The topological polar surface area (TPSA) is 72.5 Å². The monoisotopic (exact) mass is 369 g/mol. The van der Waals surface area contributed by atoms with Crippen LogP contribution in [0.15, 0.2) is 42.7 Å². The van der Waals surface area contributed by atoms with Crippen molar-refractivity contribution in [1.29, 1.82) is 0 Å². The SMILES string of the molecule is CCOc1cc(C(=O)NC2CCNC(C)C2)ccc1OCc1cccnc1. The fourth-order valence-corrected chi connectivity index (χ4v) is 3.21. The number of nitrogens with zero attached hydrogens (tertiary/aromatic N) is 1. The lowest BCUT2D eigenvalue weighted by molar-refractivity contribution is 0.0925. The Bertz CT molecular complexity index is 752. The number of piperidine rings is 1. The van der Waals surface area contributed by atoms with Gasteiger partial charge in [-0.15, -0.1) is 0 Å². The third kappa shape index (κ3) is 5.44. The first-order valence-electron chi connectivity index (χ1n) is 9.48. The first kappa shape index (κ1) is 19.2. The minimum Gasteiger partial charge on any atom is -0.490 e. The predicted octanol–water partition coefficient (Wildman–Crippen LogP) is 2.93. The molecule has 27 heavy (non-hydrogen) atoms. The Morgan fingerprint density at radius 2 is 2.19 bits per heavy atom. The molecule has 6 nitrogen and oxygen atoms in total. The van der Waals surface area contributed by atoms with Crippen molar-refractivity contribution >= 4 is 5.91 Å². The lowest BCUT2D eigenvalue weighted by Gasteiger charge is -2.28. The highest BCUT2D eigenvalue weighted by Gasteiger charge is 2.21. The summed E-state index contributed by atoms with van der Waals surface area (Å²) in [6, 6.07) is 9.77. The van der Waals surface area contributed by atoms with E-state index in [1.54, 1.807) is 30.6 Å². The molecule has 144 valence electrons. The summed E-state index contributed by atoms with van der Waals surface area (Å²) in [4.78, 5) is 16.7. The van der Waals surface area contributed by atoms with Gasteiger partial charge in [0.2, 0.25) is 0 Å². The van der Waals surface area contributed by atoms with Gasteiger partial charge in [0.25, 0.3) is 5.91 Å². The van der Waals surface area contributed by atoms with E-state index in [9.17, 15) is 4.79 Å². The average molecular weight is 369 g/mol. The predicted molar refractivity (Wildman–Crippen MR) is 104 cm³/mol. The van der Waals surface area contributed by atoms with Crippen molar-refractivity contribution in [3.8, 4) is 11.5 Å². The number of hydrogen-bond donors (Lipinski definition) is 2. The second-order valence-corrected chi connectivity index (χ2v) is 6.79. The minimum absolute atomic E-state index is 0.0751. The molecule has 2 aromatic rings. The third-order valence-electron chi connectivity index (χ3n) is 4.58.